The predicted octanol–water partition coefficient (Wildman–Crippen LogP) is 4.13. The van der Waals surface area contributed by atoms with Gasteiger partial charge >= 0.3 is 0 Å². The lowest BCUT2D eigenvalue weighted by atomic mass is 9.86. The molecule has 0 spiro atoms. The maximum absolute atomic E-state index is 12.2. The van der Waals surface area contributed by atoms with Gasteiger partial charge in [0.1, 0.15) is 5.82 Å². The summed E-state index contributed by atoms with van der Waals surface area (Å²) in [4.78, 5) is 12.2. The molecule has 1 aromatic heterocycles. The van der Waals surface area contributed by atoms with Crippen LogP contribution >= 0.6 is 11.8 Å². The summed E-state index contributed by atoms with van der Waals surface area (Å²) >= 11 is 1.49. The van der Waals surface area contributed by atoms with E-state index in [0.29, 0.717) is 18.3 Å². The van der Waals surface area contributed by atoms with Crippen LogP contribution in [0.3, 0.4) is 0 Å². The van der Waals surface area contributed by atoms with Crippen molar-refractivity contribution in [2.24, 2.45) is 5.92 Å². The SMILES string of the molecule is C=CCn1c(CCC2CCCCC2)nnc1SCC(=O)NC1CCCC1. The fraction of sp³-hybridized carbons (Fsp3) is 0.750. The van der Waals surface area contributed by atoms with E-state index in [4.69, 9.17) is 0 Å². The molecule has 0 bridgehead atoms. The lowest BCUT2D eigenvalue weighted by Crippen LogP contribution is -2.33. The first-order valence-corrected chi connectivity index (χ1v) is 11.2. The molecule has 1 heterocycles. The topological polar surface area (TPSA) is 59.8 Å². The van der Waals surface area contributed by atoms with Gasteiger partial charge in [0.2, 0.25) is 5.91 Å². The quantitative estimate of drug-likeness (QED) is 0.520. The van der Waals surface area contributed by atoms with Crippen LogP contribution in [0, 0.1) is 5.92 Å². The smallest absolute Gasteiger partial charge is 0.230 e. The fourth-order valence-electron chi connectivity index (χ4n) is 4.20. The minimum Gasteiger partial charge on any atom is -0.353 e. The molecule has 2 aliphatic rings. The molecule has 2 saturated carbocycles. The Labute approximate surface area is 161 Å². The number of aryl methyl sites for hydroxylation is 1. The number of rotatable bonds is 9. The van der Waals surface area contributed by atoms with Crippen molar-refractivity contribution in [1.82, 2.24) is 20.1 Å². The Hall–Kier alpha value is -1.30. The number of hydrogen-bond acceptors (Lipinski definition) is 4. The van der Waals surface area contributed by atoms with E-state index in [-0.39, 0.29) is 5.91 Å². The van der Waals surface area contributed by atoms with E-state index in [1.54, 1.807) is 0 Å². The Balaban J connectivity index is 1.51. The average molecular weight is 377 g/mol. The Kier molecular flexibility index (Phi) is 7.59. The first-order valence-electron chi connectivity index (χ1n) is 10.2. The largest absolute Gasteiger partial charge is 0.353 e. The third kappa shape index (κ3) is 5.60. The van der Waals surface area contributed by atoms with Crippen LogP contribution in [-0.4, -0.2) is 32.5 Å². The van der Waals surface area contributed by atoms with Crippen LogP contribution in [0.15, 0.2) is 17.8 Å². The van der Waals surface area contributed by atoms with Crippen molar-refractivity contribution in [3.8, 4) is 0 Å². The maximum atomic E-state index is 12.2. The van der Waals surface area contributed by atoms with Crippen LogP contribution in [0.2, 0.25) is 0 Å². The molecule has 1 N–H and O–H groups in total. The molecule has 144 valence electrons. The molecule has 6 heteroatoms. The van der Waals surface area contributed by atoms with Crippen molar-refractivity contribution in [3.05, 3.63) is 18.5 Å². The Morgan fingerprint density at radius 1 is 1.15 bits per heavy atom. The van der Waals surface area contributed by atoms with E-state index in [1.807, 2.05) is 6.08 Å². The predicted molar refractivity (Wildman–Crippen MR) is 106 cm³/mol. The van der Waals surface area contributed by atoms with Crippen molar-refractivity contribution >= 4 is 17.7 Å². The van der Waals surface area contributed by atoms with Crippen molar-refractivity contribution in [2.75, 3.05) is 5.75 Å². The van der Waals surface area contributed by atoms with Gasteiger partial charge in [0.15, 0.2) is 5.16 Å². The Bertz CT molecular complexity index is 589. The normalized spacial score (nSPS) is 18.9. The summed E-state index contributed by atoms with van der Waals surface area (Å²) in [6.45, 7) is 4.57. The second-order valence-electron chi connectivity index (χ2n) is 7.68. The van der Waals surface area contributed by atoms with E-state index in [1.165, 1.54) is 63.1 Å². The molecule has 0 saturated heterocycles. The van der Waals surface area contributed by atoms with Crippen LogP contribution in [0.25, 0.3) is 0 Å². The van der Waals surface area contributed by atoms with Crippen LogP contribution in [0.1, 0.15) is 70.0 Å². The number of nitrogens with one attached hydrogen (secondary N) is 1. The zero-order valence-corrected chi connectivity index (χ0v) is 16.6. The van der Waals surface area contributed by atoms with Gasteiger partial charge in [0, 0.05) is 19.0 Å². The third-order valence-corrected chi connectivity index (χ3v) is 6.63. The summed E-state index contributed by atoms with van der Waals surface area (Å²) in [7, 11) is 0. The molecule has 2 fully saturated rings. The van der Waals surface area contributed by atoms with Crippen LogP contribution in [0.4, 0.5) is 0 Å². The van der Waals surface area contributed by atoms with E-state index >= 15 is 0 Å². The molecule has 26 heavy (non-hydrogen) atoms. The van der Waals surface area contributed by atoms with Gasteiger partial charge in [0.25, 0.3) is 0 Å². The molecule has 3 rings (SSSR count). The standard InChI is InChI=1S/C20H32N4OS/c1-2-14-24-18(13-12-16-8-4-3-5-9-16)22-23-20(24)26-15-19(25)21-17-10-6-7-11-17/h2,16-17H,1,3-15H2,(H,21,25). The Morgan fingerprint density at radius 2 is 1.88 bits per heavy atom. The molecule has 0 radical (unpaired) electrons. The van der Waals surface area contributed by atoms with Crippen LogP contribution in [-0.2, 0) is 17.8 Å². The lowest BCUT2D eigenvalue weighted by molar-refractivity contribution is -0.119. The number of allylic oxidation sites excluding steroid dienone is 1. The second-order valence-corrected chi connectivity index (χ2v) is 8.62. The number of amides is 1. The summed E-state index contributed by atoms with van der Waals surface area (Å²) < 4.78 is 2.13. The van der Waals surface area contributed by atoms with Gasteiger partial charge < -0.3 is 9.88 Å². The van der Waals surface area contributed by atoms with Gasteiger partial charge in [0.05, 0.1) is 5.75 Å². The Morgan fingerprint density at radius 3 is 2.62 bits per heavy atom. The zero-order chi connectivity index (χ0) is 18.2. The summed E-state index contributed by atoms with van der Waals surface area (Å²) in [5.74, 6) is 2.40. The number of carbonyl (C=O) groups is 1. The van der Waals surface area contributed by atoms with Gasteiger partial charge in [-0.25, -0.2) is 0 Å². The fourth-order valence-corrected chi connectivity index (χ4v) is 4.98. The highest BCUT2D eigenvalue weighted by molar-refractivity contribution is 7.99. The summed E-state index contributed by atoms with van der Waals surface area (Å²) in [6.07, 6.45) is 15.6. The van der Waals surface area contributed by atoms with Crippen molar-refractivity contribution in [1.29, 1.82) is 0 Å². The van der Waals surface area contributed by atoms with Gasteiger partial charge in [-0.05, 0) is 25.2 Å². The average Bonchev–Trinajstić information content (AvgIpc) is 3.30. The van der Waals surface area contributed by atoms with Crippen molar-refractivity contribution in [3.63, 3.8) is 0 Å². The van der Waals surface area contributed by atoms with E-state index in [9.17, 15) is 4.79 Å². The highest BCUT2D eigenvalue weighted by Gasteiger charge is 2.19. The van der Waals surface area contributed by atoms with Crippen LogP contribution in [0.5, 0.6) is 0 Å². The first kappa shape index (κ1) is 19.5. The molecule has 1 amide bonds. The number of thioether (sulfide) groups is 1. The molecule has 0 atom stereocenters. The molecule has 1 aromatic rings. The summed E-state index contributed by atoms with van der Waals surface area (Å²) in [6, 6.07) is 0.375. The maximum Gasteiger partial charge on any atom is 0.230 e. The summed E-state index contributed by atoms with van der Waals surface area (Å²) in [5, 5.41) is 12.7. The van der Waals surface area contributed by atoms with E-state index in [0.717, 1.165) is 36.2 Å². The molecule has 0 unspecified atom stereocenters. The van der Waals surface area contributed by atoms with Crippen molar-refractivity contribution < 1.29 is 4.79 Å². The van der Waals surface area contributed by atoms with Gasteiger partial charge in [-0.3, -0.25) is 4.79 Å². The number of aromatic nitrogens is 3. The molecule has 0 aromatic carbocycles. The number of hydrogen-bond donors (Lipinski definition) is 1. The molecule has 0 aliphatic heterocycles. The lowest BCUT2D eigenvalue weighted by Gasteiger charge is -2.21. The zero-order valence-electron chi connectivity index (χ0n) is 15.8. The van der Waals surface area contributed by atoms with Gasteiger partial charge in [-0.2, -0.15) is 0 Å². The first-order chi connectivity index (χ1) is 12.8. The summed E-state index contributed by atoms with van der Waals surface area (Å²) in [5.41, 5.74) is 0. The van der Waals surface area contributed by atoms with Gasteiger partial charge in [-0.15, -0.1) is 16.8 Å². The molecule has 5 nitrogen and oxygen atoms in total. The molecule has 2 aliphatic carbocycles. The van der Waals surface area contributed by atoms with Crippen molar-refractivity contribution in [2.45, 2.75) is 88.4 Å². The highest BCUT2D eigenvalue weighted by Crippen LogP contribution is 2.28. The minimum atomic E-state index is 0.110. The monoisotopic (exact) mass is 376 g/mol. The minimum absolute atomic E-state index is 0.110. The third-order valence-electron chi connectivity index (χ3n) is 5.66. The van der Waals surface area contributed by atoms with Crippen LogP contribution < -0.4 is 5.32 Å². The van der Waals surface area contributed by atoms with Gasteiger partial charge in [-0.1, -0.05) is 62.8 Å². The highest BCUT2D eigenvalue weighted by atomic mass is 32.2. The number of carbonyl (C=O) groups excluding carboxylic acids is 1. The number of nitrogens with zero attached hydrogens (tertiary/aromatic N) is 3. The second kappa shape index (κ2) is 10.1. The molecular weight excluding hydrogens is 344 g/mol. The van der Waals surface area contributed by atoms with E-state index in [2.05, 4.69) is 26.7 Å². The van der Waals surface area contributed by atoms with E-state index < -0.39 is 0 Å². The molecular formula is C20H32N4OS.